The summed E-state index contributed by atoms with van der Waals surface area (Å²) in [5.41, 5.74) is 5.42. The summed E-state index contributed by atoms with van der Waals surface area (Å²) >= 11 is 5.73. The Morgan fingerprint density at radius 2 is 2.00 bits per heavy atom. The molecule has 26 heavy (non-hydrogen) atoms. The molecule has 1 unspecified atom stereocenters. The number of hydrogen-bond acceptors (Lipinski definition) is 6. The molecule has 0 fully saturated rings. The number of benzene rings is 1. The van der Waals surface area contributed by atoms with E-state index in [0.29, 0.717) is 6.54 Å². The smallest absolute Gasteiger partial charge is 0.298 e. The molecular formula is C15H22ClN3O6S. The number of carbonyl (C=O) groups excluding carboxylic acids is 2. The van der Waals surface area contributed by atoms with Gasteiger partial charge in [-0.25, -0.2) is 0 Å². The minimum Gasteiger partial charge on any atom is -0.504 e. The van der Waals surface area contributed by atoms with Gasteiger partial charge in [0.15, 0.2) is 5.75 Å². The van der Waals surface area contributed by atoms with E-state index in [2.05, 4.69) is 10.6 Å². The van der Waals surface area contributed by atoms with Gasteiger partial charge in [0.05, 0.1) is 11.7 Å². The minimum atomic E-state index is -4.72. The number of nitrogens with one attached hydrogen (secondary N) is 2. The van der Waals surface area contributed by atoms with Crippen molar-refractivity contribution in [1.82, 2.24) is 5.32 Å². The number of amides is 2. The fourth-order valence-corrected chi connectivity index (χ4v) is 2.93. The van der Waals surface area contributed by atoms with E-state index in [1.807, 2.05) is 6.92 Å². The fraction of sp³-hybridized carbons (Fsp3) is 0.467. The molecule has 146 valence electrons. The molecule has 0 aromatic heterocycles. The average molecular weight is 408 g/mol. The van der Waals surface area contributed by atoms with Crippen molar-refractivity contribution in [2.75, 3.05) is 11.9 Å². The first-order chi connectivity index (χ1) is 12.1. The van der Waals surface area contributed by atoms with Crippen molar-refractivity contribution in [3.05, 3.63) is 17.2 Å². The van der Waals surface area contributed by atoms with Crippen molar-refractivity contribution >= 4 is 39.2 Å². The SMILES string of the molecule is CCCCNC(=O)C(N)CCC(=O)Nc1cc(Cl)cc(S(=O)(=O)O)c1O. The number of nitrogens with two attached hydrogens (primary N) is 1. The summed E-state index contributed by atoms with van der Waals surface area (Å²) in [7, 11) is -4.72. The molecule has 1 aromatic carbocycles. The lowest BCUT2D eigenvalue weighted by molar-refractivity contribution is -0.122. The molecule has 0 saturated carbocycles. The van der Waals surface area contributed by atoms with Gasteiger partial charge in [-0.1, -0.05) is 24.9 Å². The van der Waals surface area contributed by atoms with E-state index in [4.69, 9.17) is 21.9 Å². The van der Waals surface area contributed by atoms with Gasteiger partial charge in [0.2, 0.25) is 11.8 Å². The third-order valence-corrected chi connectivity index (χ3v) is 4.53. The Kier molecular flexibility index (Phi) is 8.28. The van der Waals surface area contributed by atoms with Crippen LogP contribution in [-0.2, 0) is 19.7 Å². The first-order valence-electron chi connectivity index (χ1n) is 7.89. The number of rotatable bonds is 9. The van der Waals surface area contributed by atoms with Gasteiger partial charge >= 0.3 is 0 Å². The second-order valence-electron chi connectivity index (χ2n) is 5.61. The van der Waals surface area contributed by atoms with Gasteiger partial charge < -0.3 is 21.5 Å². The number of hydrogen-bond donors (Lipinski definition) is 5. The lowest BCUT2D eigenvalue weighted by atomic mass is 10.1. The van der Waals surface area contributed by atoms with Crippen LogP contribution in [0.15, 0.2) is 17.0 Å². The summed E-state index contributed by atoms with van der Waals surface area (Å²) < 4.78 is 31.5. The van der Waals surface area contributed by atoms with Gasteiger partial charge in [0, 0.05) is 18.0 Å². The second-order valence-corrected chi connectivity index (χ2v) is 7.44. The van der Waals surface area contributed by atoms with Crippen LogP contribution in [0.25, 0.3) is 0 Å². The van der Waals surface area contributed by atoms with Crippen molar-refractivity contribution in [1.29, 1.82) is 0 Å². The van der Waals surface area contributed by atoms with Gasteiger partial charge in [-0.05, 0) is 25.0 Å². The van der Waals surface area contributed by atoms with Crippen LogP contribution in [-0.4, -0.2) is 42.5 Å². The third kappa shape index (κ3) is 6.79. The van der Waals surface area contributed by atoms with Crippen LogP contribution in [0.5, 0.6) is 5.75 Å². The maximum atomic E-state index is 12.0. The molecule has 0 aliphatic carbocycles. The Bertz CT molecular complexity index is 769. The zero-order valence-electron chi connectivity index (χ0n) is 14.2. The summed E-state index contributed by atoms with van der Waals surface area (Å²) in [5.74, 6) is -1.82. The van der Waals surface area contributed by atoms with Gasteiger partial charge in [0.25, 0.3) is 10.1 Å². The highest BCUT2D eigenvalue weighted by molar-refractivity contribution is 7.86. The predicted molar refractivity (Wildman–Crippen MR) is 96.7 cm³/mol. The Hall–Kier alpha value is -1.88. The largest absolute Gasteiger partial charge is 0.504 e. The number of phenolic OH excluding ortho intramolecular Hbond substituents is 1. The zero-order valence-corrected chi connectivity index (χ0v) is 15.7. The molecule has 0 aliphatic rings. The number of halogens is 1. The predicted octanol–water partition coefficient (Wildman–Crippen LogP) is 1.25. The van der Waals surface area contributed by atoms with Crippen molar-refractivity contribution in [2.45, 2.75) is 43.5 Å². The summed E-state index contributed by atoms with van der Waals surface area (Å²) in [6, 6.07) is 1.10. The standard InChI is InChI=1S/C15H22ClN3O6S/c1-2-3-6-18-15(22)10(17)4-5-13(20)19-11-7-9(16)8-12(14(11)21)26(23,24)25/h7-8,10,21H,2-6,17H2,1H3,(H,18,22)(H,19,20)(H,23,24,25). The van der Waals surface area contributed by atoms with E-state index in [-0.39, 0.29) is 29.5 Å². The lowest BCUT2D eigenvalue weighted by Crippen LogP contribution is -2.41. The number of unbranched alkanes of at least 4 members (excludes halogenated alkanes) is 1. The summed E-state index contributed by atoms with van der Waals surface area (Å²) in [6.07, 6.45) is 1.65. The number of carbonyl (C=O) groups is 2. The first kappa shape index (κ1) is 22.2. The Labute approximate surface area is 156 Å². The molecule has 9 nitrogen and oxygen atoms in total. The third-order valence-electron chi connectivity index (χ3n) is 3.44. The van der Waals surface area contributed by atoms with Crippen LogP contribution in [0.2, 0.25) is 5.02 Å². The molecule has 0 bridgehead atoms. The molecule has 2 amide bonds. The van der Waals surface area contributed by atoms with Crippen LogP contribution in [0.3, 0.4) is 0 Å². The lowest BCUT2D eigenvalue weighted by Gasteiger charge is -2.13. The Morgan fingerprint density at radius 1 is 1.35 bits per heavy atom. The van der Waals surface area contributed by atoms with Crippen LogP contribution >= 0.6 is 11.6 Å². The monoisotopic (exact) mass is 407 g/mol. The molecule has 6 N–H and O–H groups in total. The maximum Gasteiger partial charge on any atom is 0.298 e. The molecular weight excluding hydrogens is 386 g/mol. The quantitative estimate of drug-likeness (QED) is 0.234. The van der Waals surface area contributed by atoms with Gasteiger partial charge in [-0.15, -0.1) is 0 Å². The van der Waals surface area contributed by atoms with E-state index in [1.165, 1.54) is 0 Å². The van der Waals surface area contributed by atoms with E-state index < -0.39 is 32.7 Å². The molecule has 1 aromatic rings. The number of anilines is 1. The minimum absolute atomic E-state index is 0.0519. The van der Waals surface area contributed by atoms with Gasteiger partial charge in [-0.3, -0.25) is 14.1 Å². The summed E-state index contributed by atoms with van der Waals surface area (Å²) in [6.45, 7) is 2.49. The van der Waals surface area contributed by atoms with E-state index >= 15 is 0 Å². The number of aromatic hydroxyl groups is 1. The van der Waals surface area contributed by atoms with Gasteiger partial charge in [-0.2, -0.15) is 8.42 Å². The van der Waals surface area contributed by atoms with E-state index in [9.17, 15) is 23.1 Å². The molecule has 0 spiro atoms. The van der Waals surface area contributed by atoms with Crippen molar-refractivity contribution < 1.29 is 27.7 Å². The fourth-order valence-electron chi connectivity index (χ4n) is 2.02. The van der Waals surface area contributed by atoms with Crippen LogP contribution in [0.4, 0.5) is 5.69 Å². The van der Waals surface area contributed by atoms with Crippen LogP contribution < -0.4 is 16.4 Å². The van der Waals surface area contributed by atoms with Crippen LogP contribution in [0.1, 0.15) is 32.6 Å². The van der Waals surface area contributed by atoms with E-state index in [1.54, 1.807) is 0 Å². The van der Waals surface area contributed by atoms with Crippen molar-refractivity contribution in [2.24, 2.45) is 5.73 Å². The summed E-state index contributed by atoms with van der Waals surface area (Å²) in [5, 5.41) is 14.7. The van der Waals surface area contributed by atoms with Crippen molar-refractivity contribution in [3.63, 3.8) is 0 Å². The Morgan fingerprint density at radius 3 is 2.58 bits per heavy atom. The first-order valence-corrected chi connectivity index (χ1v) is 9.71. The topological polar surface area (TPSA) is 159 Å². The maximum absolute atomic E-state index is 12.0. The average Bonchev–Trinajstić information content (AvgIpc) is 2.54. The second kappa shape index (κ2) is 9.72. The molecule has 11 heteroatoms. The molecule has 0 heterocycles. The molecule has 1 atom stereocenters. The van der Waals surface area contributed by atoms with Gasteiger partial charge in [0.1, 0.15) is 4.90 Å². The zero-order chi connectivity index (χ0) is 19.9. The van der Waals surface area contributed by atoms with Crippen LogP contribution in [0, 0.1) is 0 Å². The van der Waals surface area contributed by atoms with Crippen molar-refractivity contribution in [3.8, 4) is 5.75 Å². The highest BCUT2D eigenvalue weighted by Crippen LogP contribution is 2.34. The highest BCUT2D eigenvalue weighted by Gasteiger charge is 2.21. The molecule has 0 aliphatic heterocycles. The molecule has 0 saturated heterocycles. The molecule has 0 radical (unpaired) electrons. The molecule has 1 rings (SSSR count). The highest BCUT2D eigenvalue weighted by atomic mass is 35.5. The Balaban J connectivity index is 2.69. The number of phenols is 1. The van der Waals surface area contributed by atoms with E-state index in [0.717, 1.165) is 25.0 Å². The normalized spacial score (nSPS) is 12.5. The summed E-state index contributed by atoms with van der Waals surface area (Å²) in [4.78, 5) is 22.9.